The highest BCUT2D eigenvalue weighted by Crippen LogP contribution is 2.32. The number of hydrogen-bond acceptors (Lipinski definition) is 2. The van der Waals surface area contributed by atoms with Crippen LogP contribution in [0, 0.1) is 0 Å². The van der Waals surface area contributed by atoms with E-state index in [-0.39, 0.29) is 17.9 Å². The van der Waals surface area contributed by atoms with Crippen molar-refractivity contribution in [2.24, 2.45) is 0 Å². The van der Waals surface area contributed by atoms with Crippen LogP contribution < -0.4 is 4.90 Å². The molecule has 0 aliphatic carbocycles. The summed E-state index contributed by atoms with van der Waals surface area (Å²) in [6, 6.07) is 5.13. The SMILES string of the molecule is O=C1C2CCCN2C(=O)CCN1c1ccc(Br)cc1Cl. The van der Waals surface area contributed by atoms with Gasteiger partial charge in [0.25, 0.3) is 0 Å². The van der Waals surface area contributed by atoms with Gasteiger partial charge in [-0.05, 0) is 31.0 Å². The molecule has 0 saturated carbocycles. The topological polar surface area (TPSA) is 40.6 Å². The summed E-state index contributed by atoms with van der Waals surface area (Å²) >= 11 is 9.59. The predicted octanol–water partition coefficient (Wildman–Crippen LogP) is 2.83. The Bertz CT molecular complexity index is 578. The van der Waals surface area contributed by atoms with Crippen LogP contribution in [0.2, 0.25) is 5.02 Å². The molecule has 0 bridgehead atoms. The van der Waals surface area contributed by atoms with Crippen LogP contribution in [0.5, 0.6) is 0 Å². The normalized spacial score (nSPS) is 23.0. The average molecular weight is 358 g/mol. The van der Waals surface area contributed by atoms with E-state index >= 15 is 0 Å². The van der Waals surface area contributed by atoms with Gasteiger partial charge in [0.15, 0.2) is 0 Å². The van der Waals surface area contributed by atoms with Gasteiger partial charge in [-0.2, -0.15) is 0 Å². The second-order valence-corrected chi connectivity index (χ2v) is 6.40. The summed E-state index contributed by atoms with van der Waals surface area (Å²) in [7, 11) is 0. The van der Waals surface area contributed by atoms with Crippen LogP contribution in [0.3, 0.4) is 0 Å². The third-order valence-electron chi connectivity index (χ3n) is 3.87. The fourth-order valence-electron chi connectivity index (χ4n) is 2.90. The summed E-state index contributed by atoms with van der Waals surface area (Å²) in [4.78, 5) is 28.1. The lowest BCUT2D eigenvalue weighted by Crippen LogP contribution is -2.43. The largest absolute Gasteiger partial charge is 0.331 e. The molecule has 1 atom stereocenters. The van der Waals surface area contributed by atoms with E-state index in [1.54, 1.807) is 15.9 Å². The maximum atomic E-state index is 12.7. The van der Waals surface area contributed by atoms with Crippen LogP contribution in [-0.4, -0.2) is 35.8 Å². The van der Waals surface area contributed by atoms with Crippen LogP contribution in [0.25, 0.3) is 0 Å². The second-order valence-electron chi connectivity index (χ2n) is 5.08. The Hall–Kier alpha value is -1.07. The molecule has 0 aromatic heterocycles. The zero-order chi connectivity index (χ0) is 14.3. The van der Waals surface area contributed by atoms with Crippen LogP contribution in [0.15, 0.2) is 22.7 Å². The van der Waals surface area contributed by atoms with Crippen molar-refractivity contribution >= 4 is 45.0 Å². The van der Waals surface area contributed by atoms with Gasteiger partial charge < -0.3 is 9.80 Å². The molecule has 2 amide bonds. The van der Waals surface area contributed by atoms with E-state index in [9.17, 15) is 9.59 Å². The molecule has 4 nitrogen and oxygen atoms in total. The average Bonchev–Trinajstić information content (AvgIpc) is 2.85. The first-order chi connectivity index (χ1) is 9.58. The molecule has 2 fully saturated rings. The summed E-state index contributed by atoms with van der Waals surface area (Å²) in [5.74, 6) is 0.0501. The van der Waals surface area contributed by atoms with Crippen molar-refractivity contribution in [3.63, 3.8) is 0 Å². The van der Waals surface area contributed by atoms with Crippen molar-refractivity contribution in [1.82, 2.24) is 4.90 Å². The minimum Gasteiger partial charge on any atom is -0.331 e. The molecule has 1 unspecified atom stereocenters. The number of anilines is 1. The highest BCUT2D eigenvalue weighted by molar-refractivity contribution is 9.10. The van der Waals surface area contributed by atoms with E-state index in [1.165, 1.54) is 0 Å². The highest BCUT2D eigenvalue weighted by atomic mass is 79.9. The molecule has 2 heterocycles. The fourth-order valence-corrected chi connectivity index (χ4v) is 3.68. The molecule has 0 radical (unpaired) electrons. The smallest absolute Gasteiger partial charge is 0.249 e. The van der Waals surface area contributed by atoms with Crippen molar-refractivity contribution in [3.05, 3.63) is 27.7 Å². The molecule has 2 aliphatic rings. The van der Waals surface area contributed by atoms with Crippen molar-refractivity contribution in [2.45, 2.75) is 25.3 Å². The third-order valence-corrected chi connectivity index (χ3v) is 4.67. The molecular weight excluding hydrogens is 344 g/mol. The predicted molar refractivity (Wildman–Crippen MR) is 80.9 cm³/mol. The van der Waals surface area contributed by atoms with Gasteiger partial charge in [0.1, 0.15) is 6.04 Å². The Morgan fingerprint density at radius 2 is 2.05 bits per heavy atom. The van der Waals surface area contributed by atoms with Crippen molar-refractivity contribution in [1.29, 1.82) is 0 Å². The summed E-state index contributed by atoms with van der Waals surface area (Å²) in [6.07, 6.45) is 1.99. The molecule has 1 aromatic rings. The zero-order valence-electron chi connectivity index (χ0n) is 10.8. The Labute approximate surface area is 130 Å². The van der Waals surface area contributed by atoms with Gasteiger partial charge in [-0.3, -0.25) is 9.59 Å². The van der Waals surface area contributed by atoms with Crippen LogP contribution in [0.1, 0.15) is 19.3 Å². The Morgan fingerprint density at radius 1 is 1.25 bits per heavy atom. The van der Waals surface area contributed by atoms with Gasteiger partial charge >= 0.3 is 0 Å². The van der Waals surface area contributed by atoms with Gasteiger partial charge in [0.05, 0.1) is 10.7 Å². The van der Waals surface area contributed by atoms with Crippen LogP contribution >= 0.6 is 27.5 Å². The summed E-state index contributed by atoms with van der Waals surface area (Å²) in [6.45, 7) is 1.09. The number of hydrogen-bond donors (Lipinski definition) is 0. The molecule has 3 rings (SSSR count). The monoisotopic (exact) mass is 356 g/mol. The zero-order valence-corrected chi connectivity index (χ0v) is 13.2. The van der Waals surface area contributed by atoms with Gasteiger partial charge in [-0.1, -0.05) is 27.5 Å². The molecule has 1 aromatic carbocycles. The molecule has 6 heteroatoms. The summed E-state index contributed by atoms with van der Waals surface area (Å²) in [5, 5.41) is 0.520. The molecule has 2 saturated heterocycles. The molecule has 0 N–H and O–H groups in total. The number of amides is 2. The number of halogens is 2. The number of fused-ring (bicyclic) bond motifs is 1. The summed E-state index contributed by atoms with van der Waals surface area (Å²) < 4.78 is 0.868. The number of carbonyl (C=O) groups excluding carboxylic acids is 2. The van der Waals surface area contributed by atoms with E-state index in [1.807, 2.05) is 12.1 Å². The van der Waals surface area contributed by atoms with Crippen molar-refractivity contribution in [2.75, 3.05) is 18.0 Å². The standard InChI is InChI=1S/C14H14BrClN2O2/c15-9-3-4-11(10(16)8-9)18-7-5-13(19)17-6-1-2-12(17)14(18)20/h3-4,8,12H,1-2,5-7H2. The quantitative estimate of drug-likeness (QED) is 0.775. The Kier molecular flexibility index (Phi) is 3.73. The number of nitrogens with zero attached hydrogens (tertiary/aromatic N) is 2. The third kappa shape index (κ3) is 2.33. The first kappa shape index (κ1) is 13.9. The Morgan fingerprint density at radius 3 is 2.80 bits per heavy atom. The van der Waals surface area contributed by atoms with Crippen LogP contribution in [0.4, 0.5) is 5.69 Å². The highest BCUT2D eigenvalue weighted by Gasteiger charge is 2.40. The molecule has 106 valence electrons. The number of carbonyl (C=O) groups is 2. The molecular formula is C14H14BrClN2O2. The molecule has 0 spiro atoms. The maximum absolute atomic E-state index is 12.7. The minimum atomic E-state index is -0.315. The van der Waals surface area contributed by atoms with Gasteiger partial charge in [-0.25, -0.2) is 0 Å². The van der Waals surface area contributed by atoms with Gasteiger partial charge in [0.2, 0.25) is 11.8 Å². The van der Waals surface area contributed by atoms with Crippen molar-refractivity contribution < 1.29 is 9.59 Å². The van der Waals surface area contributed by atoms with E-state index < -0.39 is 0 Å². The van der Waals surface area contributed by atoms with E-state index in [2.05, 4.69) is 15.9 Å². The lowest BCUT2D eigenvalue weighted by molar-refractivity contribution is -0.135. The first-order valence-corrected chi connectivity index (χ1v) is 7.81. The second kappa shape index (κ2) is 5.37. The number of rotatable bonds is 1. The maximum Gasteiger partial charge on any atom is 0.249 e. The molecule has 2 aliphatic heterocycles. The van der Waals surface area contributed by atoms with E-state index in [0.717, 1.165) is 17.3 Å². The molecule has 20 heavy (non-hydrogen) atoms. The lowest BCUT2D eigenvalue weighted by Gasteiger charge is -2.26. The van der Waals surface area contributed by atoms with Gasteiger partial charge in [0, 0.05) is 24.0 Å². The fraction of sp³-hybridized carbons (Fsp3) is 0.429. The van der Waals surface area contributed by atoms with Crippen LogP contribution in [-0.2, 0) is 9.59 Å². The Balaban J connectivity index is 1.96. The van der Waals surface area contributed by atoms with Gasteiger partial charge in [-0.15, -0.1) is 0 Å². The van der Waals surface area contributed by atoms with E-state index in [0.29, 0.717) is 30.2 Å². The minimum absolute atomic E-state index is 0.0161. The summed E-state index contributed by atoms with van der Waals surface area (Å²) in [5.41, 5.74) is 0.682. The first-order valence-electron chi connectivity index (χ1n) is 6.64. The van der Waals surface area contributed by atoms with Crippen molar-refractivity contribution in [3.8, 4) is 0 Å². The number of benzene rings is 1. The van der Waals surface area contributed by atoms with E-state index in [4.69, 9.17) is 11.6 Å². The lowest BCUT2D eigenvalue weighted by atomic mass is 10.2.